The Morgan fingerprint density at radius 1 is 1.18 bits per heavy atom. The van der Waals surface area contributed by atoms with Crippen LogP contribution in [-0.4, -0.2) is 22.6 Å². The standard InChI is InChI=1S/C24H21F3N4O3/c1-15-9-10-31-22(30(15)2)12-21(29-23(31)32)33-14-16-3-8-20(17(11-16)13-28)34-19-6-4-18(5-7-19)24(25,26)27/h3-8,11-12,15H,9-10,14H2,1-2H3/t15-/m1/s1. The van der Waals surface area contributed by atoms with Gasteiger partial charge in [-0.25, -0.2) is 4.79 Å². The van der Waals surface area contributed by atoms with Crippen LogP contribution in [0.1, 0.15) is 30.0 Å². The van der Waals surface area contributed by atoms with E-state index in [1.807, 2.05) is 18.0 Å². The zero-order valence-electron chi connectivity index (χ0n) is 18.5. The smallest absolute Gasteiger partial charge is 0.416 e. The Morgan fingerprint density at radius 2 is 1.91 bits per heavy atom. The number of nitriles is 1. The number of hydrogen-bond acceptors (Lipinski definition) is 6. The second kappa shape index (κ2) is 9.09. The minimum atomic E-state index is -4.44. The molecule has 1 aromatic heterocycles. The van der Waals surface area contributed by atoms with Crippen LogP contribution in [0, 0.1) is 11.3 Å². The molecule has 0 spiro atoms. The lowest BCUT2D eigenvalue weighted by Gasteiger charge is -2.34. The number of benzene rings is 2. The first-order valence-electron chi connectivity index (χ1n) is 10.5. The van der Waals surface area contributed by atoms with E-state index >= 15 is 0 Å². The zero-order chi connectivity index (χ0) is 24.5. The second-order valence-corrected chi connectivity index (χ2v) is 7.99. The SMILES string of the molecule is C[C@@H]1CCn2c(cc(OCc3ccc(Oc4ccc(C(F)(F)F)cc4)c(C#N)c3)nc2=O)N1C. The predicted molar refractivity (Wildman–Crippen MR) is 118 cm³/mol. The van der Waals surface area contributed by atoms with Gasteiger partial charge in [-0.3, -0.25) is 4.57 Å². The summed E-state index contributed by atoms with van der Waals surface area (Å²) in [6.07, 6.45) is -3.59. The molecule has 34 heavy (non-hydrogen) atoms. The number of aromatic nitrogens is 2. The number of nitrogens with zero attached hydrogens (tertiary/aromatic N) is 4. The van der Waals surface area contributed by atoms with E-state index in [1.54, 1.807) is 28.8 Å². The molecule has 2 heterocycles. The normalized spacial score (nSPS) is 15.4. The van der Waals surface area contributed by atoms with E-state index in [0.717, 1.165) is 24.4 Å². The highest BCUT2D eigenvalue weighted by atomic mass is 19.4. The molecule has 10 heteroatoms. The molecular weight excluding hydrogens is 449 g/mol. The van der Waals surface area contributed by atoms with Gasteiger partial charge in [0.15, 0.2) is 0 Å². The third-order valence-electron chi connectivity index (χ3n) is 5.72. The topological polar surface area (TPSA) is 80.4 Å². The van der Waals surface area contributed by atoms with Crippen molar-refractivity contribution in [1.29, 1.82) is 5.26 Å². The van der Waals surface area contributed by atoms with Gasteiger partial charge in [0.1, 0.15) is 30.0 Å². The molecule has 1 aliphatic rings. The highest BCUT2D eigenvalue weighted by Gasteiger charge is 2.30. The number of fused-ring (bicyclic) bond motifs is 1. The van der Waals surface area contributed by atoms with Gasteiger partial charge in [0.25, 0.3) is 0 Å². The number of ether oxygens (including phenoxy) is 2. The third-order valence-corrected chi connectivity index (χ3v) is 5.72. The summed E-state index contributed by atoms with van der Waals surface area (Å²) in [6, 6.07) is 13.0. The average molecular weight is 470 g/mol. The van der Waals surface area contributed by atoms with Crippen molar-refractivity contribution in [1.82, 2.24) is 9.55 Å². The van der Waals surface area contributed by atoms with Crippen molar-refractivity contribution >= 4 is 5.82 Å². The van der Waals surface area contributed by atoms with Gasteiger partial charge < -0.3 is 14.4 Å². The largest absolute Gasteiger partial charge is 0.473 e. The van der Waals surface area contributed by atoms with E-state index in [0.29, 0.717) is 12.1 Å². The fraction of sp³-hybridized carbons (Fsp3) is 0.292. The van der Waals surface area contributed by atoms with Crippen LogP contribution in [0.4, 0.5) is 19.0 Å². The zero-order valence-corrected chi connectivity index (χ0v) is 18.5. The highest BCUT2D eigenvalue weighted by molar-refractivity contribution is 5.48. The number of rotatable bonds is 5. The summed E-state index contributed by atoms with van der Waals surface area (Å²) in [5, 5.41) is 9.50. The third kappa shape index (κ3) is 4.83. The molecule has 1 atom stereocenters. The molecule has 0 bridgehead atoms. The van der Waals surface area contributed by atoms with Crippen LogP contribution in [0.5, 0.6) is 17.4 Å². The van der Waals surface area contributed by atoms with Crippen LogP contribution in [0.2, 0.25) is 0 Å². The fourth-order valence-electron chi connectivity index (χ4n) is 3.62. The first-order chi connectivity index (χ1) is 16.2. The minimum Gasteiger partial charge on any atom is -0.473 e. The van der Waals surface area contributed by atoms with Crippen LogP contribution in [0.3, 0.4) is 0 Å². The van der Waals surface area contributed by atoms with Gasteiger partial charge in [-0.1, -0.05) is 6.07 Å². The molecule has 0 N–H and O–H groups in total. The van der Waals surface area contributed by atoms with Gasteiger partial charge in [0.05, 0.1) is 11.1 Å². The quantitative estimate of drug-likeness (QED) is 0.536. The van der Waals surface area contributed by atoms with E-state index in [1.165, 1.54) is 12.1 Å². The Balaban J connectivity index is 1.48. The lowest BCUT2D eigenvalue weighted by molar-refractivity contribution is -0.137. The van der Waals surface area contributed by atoms with E-state index in [4.69, 9.17) is 9.47 Å². The molecule has 0 saturated heterocycles. The van der Waals surface area contributed by atoms with Crippen molar-refractivity contribution in [3.63, 3.8) is 0 Å². The van der Waals surface area contributed by atoms with Gasteiger partial charge in [-0.15, -0.1) is 0 Å². The lowest BCUT2D eigenvalue weighted by Crippen LogP contribution is -2.41. The number of halogens is 3. The van der Waals surface area contributed by atoms with Gasteiger partial charge in [0, 0.05) is 25.7 Å². The molecule has 0 saturated carbocycles. The number of anilines is 1. The van der Waals surface area contributed by atoms with Gasteiger partial charge in [-0.05, 0) is 55.3 Å². The summed E-state index contributed by atoms with van der Waals surface area (Å²) in [4.78, 5) is 18.4. The van der Waals surface area contributed by atoms with Crippen LogP contribution in [0.25, 0.3) is 0 Å². The van der Waals surface area contributed by atoms with Crippen molar-refractivity contribution in [3.05, 3.63) is 75.7 Å². The van der Waals surface area contributed by atoms with Crippen molar-refractivity contribution in [2.24, 2.45) is 0 Å². The van der Waals surface area contributed by atoms with E-state index < -0.39 is 11.7 Å². The number of hydrogen-bond donors (Lipinski definition) is 0. The average Bonchev–Trinajstić information content (AvgIpc) is 2.80. The Hall–Kier alpha value is -4.00. The first-order valence-corrected chi connectivity index (χ1v) is 10.5. The van der Waals surface area contributed by atoms with Gasteiger partial charge in [-0.2, -0.15) is 23.4 Å². The first kappa shape index (κ1) is 23.2. The Morgan fingerprint density at radius 3 is 2.59 bits per heavy atom. The monoisotopic (exact) mass is 470 g/mol. The molecule has 0 amide bonds. The van der Waals surface area contributed by atoms with Crippen molar-refractivity contribution in [2.45, 2.75) is 38.7 Å². The fourth-order valence-corrected chi connectivity index (χ4v) is 3.62. The predicted octanol–water partition coefficient (Wildman–Crippen LogP) is 4.73. The van der Waals surface area contributed by atoms with E-state index in [9.17, 15) is 23.2 Å². The maximum Gasteiger partial charge on any atom is 0.416 e. The molecule has 0 unspecified atom stereocenters. The summed E-state index contributed by atoms with van der Waals surface area (Å²) in [6.45, 7) is 2.73. The molecule has 1 aliphatic heterocycles. The molecular formula is C24H21F3N4O3. The summed E-state index contributed by atoms with van der Waals surface area (Å²) in [7, 11) is 1.91. The van der Waals surface area contributed by atoms with Crippen molar-refractivity contribution < 1.29 is 22.6 Å². The maximum atomic E-state index is 12.7. The summed E-state index contributed by atoms with van der Waals surface area (Å²) in [5.74, 6) is 1.28. The van der Waals surface area contributed by atoms with E-state index in [-0.39, 0.29) is 41.3 Å². The molecule has 0 aliphatic carbocycles. The van der Waals surface area contributed by atoms with Crippen LogP contribution >= 0.6 is 0 Å². The van der Waals surface area contributed by atoms with Crippen LogP contribution < -0.4 is 20.1 Å². The van der Waals surface area contributed by atoms with Crippen molar-refractivity contribution in [2.75, 3.05) is 11.9 Å². The summed E-state index contributed by atoms with van der Waals surface area (Å²) >= 11 is 0. The summed E-state index contributed by atoms with van der Waals surface area (Å²) in [5.41, 5.74) is -0.348. The molecule has 176 valence electrons. The second-order valence-electron chi connectivity index (χ2n) is 7.99. The Labute approximate surface area is 193 Å². The van der Waals surface area contributed by atoms with Crippen LogP contribution in [0.15, 0.2) is 53.3 Å². The van der Waals surface area contributed by atoms with Crippen LogP contribution in [-0.2, 0) is 19.3 Å². The number of alkyl halides is 3. The summed E-state index contributed by atoms with van der Waals surface area (Å²) < 4.78 is 51.1. The maximum absolute atomic E-state index is 12.7. The molecule has 4 rings (SSSR count). The Bertz CT molecular complexity index is 1300. The van der Waals surface area contributed by atoms with E-state index in [2.05, 4.69) is 11.9 Å². The highest BCUT2D eigenvalue weighted by Crippen LogP contribution is 2.32. The van der Waals surface area contributed by atoms with Gasteiger partial charge >= 0.3 is 11.9 Å². The van der Waals surface area contributed by atoms with Crippen molar-refractivity contribution in [3.8, 4) is 23.4 Å². The molecule has 2 aromatic carbocycles. The molecule has 3 aromatic rings. The molecule has 7 nitrogen and oxygen atoms in total. The molecule has 0 radical (unpaired) electrons. The Kier molecular flexibility index (Phi) is 6.20. The van der Waals surface area contributed by atoms with Gasteiger partial charge in [0.2, 0.25) is 5.88 Å². The lowest BCUT2D eigenvalue weighted by atomic mass is 10.1. The minimum absolute atomic E-state index is 0.0599. The molecule has 0 fully saturated rings.